The molecule has 2 aromatic heterocycles. The summed E-state index contributed by atoms with van der Waals surface area (Å²) in [6, 6.07) is 9.94. The summed E-state index contributed by atoms with van der Waals surface area (Å²) in [6.07, 6.45) is 3.42. The van der Waals surface area contributed by atoms with E-state index in [0.29, 0.717) is 11.8 Å². The molecule has 2 heterocycles. The molecule has 0 atom stereocenters. The van der Waals surface area contributed by atoms with Gasteiger partial charge in [0.1, 0.15) is 0 Å². The maximum absolute atomic E-state index is 10.7. The number of hydrogen-bond donors (Lipinski definition) is 2. The van der Waals surface area contributed by atoms with Crippen LogP contribution in [0.15, 0.2) is 47.7 Å². The van der Waals surface area contributed by atoms with Gasteiger partial charge in [-0.15, -0.1) is 10.2 Å². The Hall–Kier alpha value is -3.69. The van der Waals surface area contributed by atoms with Crippen molar-refractivity contribution in [1.82, 2.24) is 19.4 Å². The monoisotopic (exact) mass is 326 g/mol. The number of hydrogen-bond acceptors (Lipinski definition) is 7. The lowest BCUT2D eigenvalue weighted by Gasteiger charge is -2.06. The second kappa shape index (κ2) is 6.20. The van der Waals surface area contributed by atoms with Gasteiger partial charge in [-0.25, -0.2) is 10.1 Å². The van der Waals surface area contributed by atoms with Crippen LogP contribution in [0.3, 0.4) is 0 Å². The van der Waals surface area contributed by atoms with E-state index in [1.807, 2.05) is 22.9 Å². The number of aromatic nitrogens is 4. The summed E-state index contributed by atoms with van der Waals surface area (Å²) in [5.41, 5.74) is 4.30. The van der Waals surface area contributed by atoms with Crippen molar-refractivity contribution in [1.29, 1.82) is 0 Å². The predicted octanol–water partition coefficient (Wildman–Crippen LogP) is 1.45. The van der Waals surface area contributed by atoms with Gasteiger partial charge < -0.3 is 10.4 Å². The average Bonchev–Trinajstić information content (AvgIpc) is 3.17. The molecule has 0 unspecified atom stereocenters. The first-order chi connectivity index (χ1) is 11.6. The van der Waals surface area contributed by atoms with Gasteiger partial charge in [0, 0.05) is 24.0 Å². The molecule has 0 saturated carbocycles. The molecule has 0 bridgehead atoms. The number of nitrogen functional groups attached to an aromatic ring is 1. The van der Waals surface area contributed by atoms with E-state index in [1.54, 1.807) is 25.3 Å². The van der Waals surface area contributed by atoms with Crippen LogP contribution in [0.4, 0.5) is 11.6 Å². The Bertz CT molecular complexity index is 894. The molecule has 10 heteroatoms. The van der Waals surface area contributed by atoms with E-state index < -0.39 is 4.92 Å². The minimum atomic E-state index is -0.434. The van der Waals surface area contributed by atoms with Crippen molar-refractivity contribution >= 4 is 17.9 Å². The number of non-ortho nitro benzene ring substituents is 1. The standard InChI is InChI=1S/C14H14N8O2/c1-10-17-19-14(21(10)15)18-16-9-13-3-2-8-20(13)11-4-6-12(7-5-11)22(23)24/h2-9H,15H2,1H3,(H,18,19)/b16-9-. The number of nitrogens with one attached hydrogen (secondary N) is 1. The van der Waals surface area contributed by atoms with E-state index in [2.05, 4.69) is 20.7 Å². The van der Waals surface area contributed by atoms with Crippen LogP contribution in [-0.4, -0.2) is 30.6 Å². The molecule has 0 fully saturated rings. The highest BCUT2D eigenvalue weighted by Crippen LogP contribution is 2.17. The molecule has 3 N–H and O–H groups in total. The Kier molecular flexibility index (Phi) is 3.93. The zero-order valence-corrected chi connectivity index (χ0v) is 12.7. The Balaban J connectivity index is 1.78. The molecular formula is C14H14N8O2. The van der Waals surface area contributed by atoms with E-state index in [-0.39, 0.29) is 5.69 Å². The molecule has 0 saturated heterocycles. The topological polar surface area (TPSA) is 129 Å². The van der Waals surface area contributed by atoms with Crippen LogP contribution in [0.1, 0.15) is 11.5 Å². The van der Waals surface area contributed by atoms with Gasteiger partial charge in [-0.1, -0.05) is 0 Å². The molecule has 24 heavy (non-hydrogen) atoms. The van der Waals surface area contributed by atoms with Crippen molar-refractivity contribution < 1.29 is 4.92 Å². The number of nitrogens with zero attached hydrogens (tertiary/aromatic N) is 6. The summed E-state index contributed by atoms with van der Waals surface area (Å²) in [5, 5.41) is 22.4. The maximum Gasteiger partial charge on any atom is 0.269 e. The molecular weight excluding hydrogens is 312 g/mol. The van der Waals surface area contributed by atoms with Crippen molar-refractivity contribution in [2.45, 2.75) is 6.92 Å². The van der Waals surface area contributed by atoms with Crippen LogP contribution in [-0.2, 0) is 0 Å². The molecule has 1 aromatic carbocycles. The number of nitro benzene ring substituents is 1. The minimum Gasteiger partial charge on any atom is -0.335 e. The highest BCUT2D eigenvalue weighted by atomic mass is 16.6. The summed E-state index contributed by atoms with van der Waals surface area (Å²) < 4.78 is 3.13. The molecule has 0 radical (unpaired) electrons. The summed E-state index contributed by atoms with van der Waals surface area (Å²) in [7, 11) is 0. The largest absolute Gasteiger partial charge is 0.335 e. The Morgan fingerprint density at radius 2 is 2.04 bits per heavy atom. The van der Waals surface area contributed by atoms with Gasteiger partial charge in [0.15, 0.2) is 5.82 Å². The SMILES string of the molecule is Cc1nnc(N/N=C\c2cccn2-c2ccc([N+](=O)[O-])cc2)n1N. The quantitative estimate of drug-likeness (QED) is 0.316. The Labute approximate surface area is 136 Å². The van der Waals surface area contributed by atoms with E-state index >= 15 is 0 Å². The first-order valence-electron chi connectivity index (χ1n) is 6.94. The lowest BCUT2D eigenvalue weighted by atomic mass is 10.3. The number of hydrazone groups is 1. The third-order valence-corrected chi connectivity index (χ3v) is 3.35. The van der Waals surface area contributed by atoms with Gasteiger partial charge >= 0.3 is 0 Å². The van der Waals surface area contributed by atoms with Crippen molar-refractivity contribution in [3.8, 4) is 5.69 Å². The van der Waals surface area contributed by atoms with Crippen molar-refractivity contribution in [2.24, 2.45) is 5.10 Å². The van der Waals surface area contributed by atoms with Gasteiger partial charge in [-0.2, -0.15) is 5.10 Å². The molecule has 122 valence electrons. The zero-order valence-electron chi connectivity index (χ0n) is 12.7. The van der Waals surface area contributed by atoms with Gasteiger partial charge in [0.2, 0.25) is 0 Å². The van der Waals surface area contributed by atoms with Crippen LogP contribution < -0.4 is 11.3 Å². The summed E-state index contributed by atoms with van der Waals surface area (Å²) >= 11 is 0. The maximum atomic E-state index is 10.7. The van der Waals surface area contributed by atoms with Crippen molar-refractivity contribution in [3.63, 3.8) is 0 Å². The van der Waals surface area contributed by atoms with E-state index in [0.717, 1.165) is 11.4 Å². The number of nitro groups is 1. The molecule has 3 aromatic rings. The zero-order chi connectivity index (χ0) is 17.1. The summed E-state index contributed by atoms with van der Waals surface area (Å²) in [5.74, 6) is 6.59. The van der Waals surface area contributed by atoms with E-state index in [9.17, 15) is 10.1 Å². The average molecular weight is 326 g/mol. The van der Waals surface area contributed by atoms with Crippen LogP contribution in [0.5, 0.6) is 0 Å². The minimum absolute atomic E-state index is 0.0421. The normalized spacial score (nSPS) is 11.0. The van der Waals surface area contributed by atoms with Gasteiger partial charge in [-0.3, -0.25) is 10.1 Å². The van der Waals surface area contributed by atoms with Crippen LogP contribution in [0, 0.1) is 17.0 Å². The molecule has 0 aliphatic carbocycles. The van der Waals surface area contributed by atoms with Gasteiger partial charge in [0.05, 0.1) is 16.8 Å². The second-order valence-corrected chi connectivity index (χ2v) is 4.89. The molecule has 0 spiro atoms. The van der Waals surface area contributed by atoms with Crippen molar-refractivity contribution in [3.05, 3.63) is 64.2 Å². The summed E-state index contributed by atoms with van der Waals surface area (Å²) in [4.78, 5) is 10.3. The fraction of sp³-hybridized carbons (Fsp3) is 0.0714. The molecule has 0 amide bonds. The molecule has 0 aliphatic heterocycles. The number of nitrogens with two attached hydrogens (primary N) is 1. The smallest absolute Gasteiger partial charge is 0.269 e. The van der Waals surface area contributed by atoms with Crippen LogP contribution >= 0.6 is 0 Å². The van der Waals surface area contributed by atoms with Crippen LogP contribution in [0.2, 0.25) is 0 Å². The number of aryl methyl sites for hydroxylation is 1. The van der Waals surface area contributed by atoms with Crippen molar-refractivity contribution in [2.75, 3.05) is 11.3 Å². The Morgan fingerprint density at radius 3 is 2.67 bits per heavy atom. The van der Waals surface area contributed by atoms with E-state index in [1.165, 1.54) is 16.8 Å². The number of anilines is 1. The number of benzene rings is 1. The van der Waals surface area contributed by atoms with Gasteiger partial charge in [0.25, 0.3) is 11.6 Å². The first kappa shape index (κ1) is 15.2. The second-order valence-electron chi connectivity index (χ2n) is 4.89. The van der Waals surface area contributed by atoms with Gasteiger partial charge in [-0.05, 0) is 31.2 Å². The third kappa shape index (κ3) is 2.92. The Morgan fingerprint density at radius 1 is 1.29 bits per heavy atom. The lowest BCUT2D eigenvalue weighted by molar-refractivity contribution is -0.384. The van der Waals surface area contributed by atoms with Crippen LogP contribution in [0.25, 0.3) is 5.69 Å². The number of rotatable bonds is 5. The predicted molar refractivity (Wildman–Crippen MR) is 88.5 cm³/mol. The molecule has 10 nitrogen and oxygen atoms in total. The molecule has 0 aliphatic rings. The first-order valence-corrected chi connectivity index (χ1v) is 6.94. The molecule has 3 rings (SSSR count). The summed E-state index contributed by atoms with van der Waals surface area (Å²) in [6.45, 7) is 1.72. The lowest BCUT2D eigenvalue weighted by Crippen LogP contribution is -2.13. The van der Waals surface area contributed by atoms with E-state index in [4.69, 9.17) is 5.84 Å². The third-order valence-electron chi connectivity index (χ3n) is 3.35. The highest BCUT2D eigenvalue weighted by Gasteiger charge is 2.07. The fourth-order valence-corrected chi connectivity index (χ4v) is 2.07. The highest BCUT2D eigenvalue weighted by molar-refractivity contribution is 5.79. The fourth-order valence-electron chi connectivity index (χ4n) is 2.07.